The summed E-state index contributed by atoms with van der Waals surface area (Å²) in [7, 11) is 2.18. The van der Waals surface area contributed by atoms with E-state index in [2.05, 4.69) is 22.0 Å². The van der Waals surface area contributed by atoms with E-state index in [9.17, 15) is 5.21 Å². The smallest absolute Gasteiger partial charge is 0.0775 e. The van der Waals surface area contributed by atoms with E-state index in [-0.39, 0.29) is 0 Å². The average molecular weight is 223 g/mol. The quantitative estimate of drug-likeness (QED) is 0.529. The van der Waals surface area contributed by atoms with Gasteiger partial charge in [0, 0.05) is 32.1 Å². The summed E-state index contributed by atoms with van der Waals surface area (Å²) in [6.07, 6.45) is 3.84. The minimum absolute atomic E-state index is 0.456. The molecule has 3 unspecified atom stereocenters. The minimum Gasteiger partial charge on any atom is -0.411 e. The third kappa shape index (κ3) is 1.55. The second-order valence-electron chi connectivity index (χ2n) is 5.58. The summed E-state index contributed by atoms with van der Waals surface area (Å²) in [6, 6.07) is 0.456. The van der Waals surface area contributed by atoms with Crippen LogP contribution in [0.2, 0.25) is 0 Å². The zero-order chi connectivity index (χ0) is 11.1. The predicted octanol–water partition coefficient (Wildman–Crippen LogP) is 0.862. The summed E-state index contributed by atoms with van der Waals surface area (Å²) < 4.78 is 0. The van der Waals surface area contributed by atoms with Gasteiger partial charge in [0.15, 0.2) is 0 Å². The van der Waals surface area contributed by atoms with Gasteiger partial charge in [-0.1, -0.05) is 5.16 Å². The molecule has 16 heavy (non-hydrogen) atoms. The van der Waals surface area contributed by atoms with E-state index < -0.39 is 0 Å². The molecular formula is C12H21N3O. The molecular weight excluding hydrogens is 202 g/mol. The number of hydrogen-bond acceptors (Lipinski definition) is 4. The van der Waals surface area contributed by atoms with Crippen molar-refractivity contribution in [1.82, 2.24) is 9.80 Å². The Morgan fingerprint density at radius 1 is 1.19 bits per heavy atom. The second kappa shape index (κ2) is 4.00. The van der Waals surface area contributed by atoms with Gasteiger partial charge in [0.25, 0.3) is 0 Å². The Bertz CT molecular complexity index is 297. The van der Waals surface area contributed by atoms with E-state index in [1.54, 1.807) is 0 Å². The van der Waals surface area contributed by atoms with Crippen LogP contribution in [-0.4, -0.2) is 60.0 Å². The SMILES string of the molecule is CN1CCN(C2C(=NO)C3CCC2C3)CC1. The van der Waals surface area contributed by atoms with Crippen molar-refractivity contribution in [1.29, 1.82) is 0 Å². The summed E-state index contributed by atoms with van der Waals surface area (Å²) in [5.41, 5.74) is 1.08. The highest BCUT2D eigenvalue weighted by Gasteiger charge is 2.48. The summed E-state index contributed by atoms with van der Waals surface area (Å²) in [4.78, 5) is 4.92. The maximum atomic E-state index is 9.19. The van der Waals surface area contributed by atoms with E-state index in [1.165, 1.54) is 19.3 Å². The number of likely N-dealkylation sites (N-methyl/N-ethyl adjacent to an activating group) is 1. The first-order valence-corrected chi connectivity index (χ1v) is 6.44. The lowest BCUT2D eigenvalue weighted by atomic mass is 9.91. The standard InChI is InChI=1S/C12H21N3O/c1-14-4-6-15(7-5-14)12-10-3-2-9(8-10)11(12)13-16/h9-10,12,16H,2-8H2,1H3. The zero-order valence-electron chi connectivity index (χ0n) is 9.97. The maximum Gasteiger partial charge on any atom is 0.0775 e. The molecule has 3 aliphatic rings. The first-order valence-electron chi connectivity index (χ1n) is 6.44. The fraction of sp³-hybridized carbons (Fsp3) is 0.917. The van der Waals surface area contributed by atoms with Gasteiger partial charge >= 0.3 is 0 Å². The van der Waals surface area contributed by atoms with E-state index in [4.69, 9.17) is 0 Å². The van der Waals surface area contributed by atoms with Gasteiger partial charge in [-0.3, -0.25) is 4.90 Å². The molecule has 2 saturated carbocycles. The number of rotatable bonds is 1. The number of piperazine rings is 1. The van der Waals surface area contributed by atoms with Gasteiger partial charge in [0.05, 0.1) is 11.8 Å². The molecule has 0 radical (unpaired) electrons. The third-order valence-corrected chi connectivity index (χ3v) is 4.69. The Morgan fingerprint density at radius 3 is 2.62 bits per heavy atom. The van der Waals surface area contributed by atoms with E-state index in [1.807, 2.05) is 0 Å². The van der Waals surface area contributed by atoms with Crippen LogP contribution in [0.3, 0.4) is 0 Å². The Kier molecular flexibility index (Phi) is 2.64. The fourth-order valence-corrected chi connectivity index (χ4v) is 3.78. The van der Waals surface area contributed by atoms with Gasteiger partial charge in [-0.05, 0) is 32.2 Å². The van der Waals surface area contributed by atoms with E-state index in [0.29, 0.717) is 12.0 Å². The Balaban J connectivity index is 1.74. The zero-order valence-corrected chi connectivity index (χ0v) is 9.97. The van der Waals surface area contributed by atoms with E-state index in [0.717, 1.165) is 37.8 Å². The lowest BCUT2D eigenvalue weighted by Crippen LogP contribution is -2.53. The van der Waals surface area contributed by atoms with Crippen molar-refractivity contribution in [3.63, 3.8) is 0 Å². The molecule has 0 aromatic rings. The number of oxime groups is 1. The van der Waals surface area contributed by atoms with Crippen molar-refractivity contribution in [3.8, 4) is 0 Å². The first kappa shape index (κ1) is 10.5. The summed E-state index contributed by atoms with van der Waals surface area (Å²) in [6.45, 7) is 4.55. The molecule has 2 bridgehead atoms. The van der Waals surface area contributed by atoms with Gasteiger partial charge in [0.1, 0.15) is 0 Å². The van der Waals surface area contributed by atoms with Crippen LogP contribution in [0.25, 0.3) is 0 Å². The summed E-state index contributed by atoms with van der Waals surface area (Å²) in [5, 5.41) is 12.8. The third-order valence-electron chi connectivity index (χ3n) is 4.69. The molecule has 4 heteroatoms. The highest BCUT2D eigenvalue weighted by Crippen LogP contribution is 2.45. The number of nitrogens with zero attached hydrogens (tertiary/aromatic N) is 3. The normalized spacial score (nSPS) is 43.3. The molecule has 0 aromatic heterocycles. The lowest BCUT2D eigenvalue weighted by Gasteiger charge is -2.39. The Morgan fingerprint density at radius 2 is 1.94 bits per heavy atom. The van der Waals surface area contributed by atoms with Crippen LogP contribution >= 0.6 is 0 Å². The van der Waals surface area contributed by atoms with Crippen LogP contribution in [0.4, 0.5) is 0 Å². The lowest BCUT2D eigenvalue weighted by molar-refractivity contribution is 0.114. The van der Waals surface area contributed by atoms with Gasteiger partial charge in [0.2, 0.25) is 0 Å². The van der Waals surface area contributed by atoms with Crippen molar-refractivity contribution in [2.45, 2.75) is 25.3 Å². The second-order valence-corrected chi connectivity index (χ2v) is 5.58. The summed E-state index contributed by atoms with van der Waals surface area (Å²) in [5.74, 6) is 1.35. The van der Waals surface area contributed by atoms with Crippen LogP contribution in [0.15, 0.2) is 5.16 Å². The molecule has 0 spiro atoms. The van der Waals surface area contributed by atoms with Gasteiger partial charge in [-0.15, -0.1) is 0 Å². The Labute approximate surface area is 96.9 Å². The topological polar surface area (TPSA) is 39.1 Å². The van der Waals surface area contributed by atoms with Crippen LogP contribution in [0.1, 0.15) is 19.3 Å². The predicted molar refractivity (Wildman–Crippen MR) is 62.9 cm³/mol. The average Bonchev–Trinajstić information content (AvgIpc) is 2.89. The molecule has 1 heterocycles. The molecule has 0 amide bonds. The molecule has 3 fully saturated rings. The van der Waals surface area contributed by atoms with Crippen LogP contribution in [0, 0.1) is 11.8 Å². The van der Waals surface area contributed by atoms with Crippen LogP contribution in [-0.2, 0) is 0 Å². The van der Waals surface area contributed by atoms with Crippen molar-refractivity contribution in [3.05, 3.63) is 0 Å². The molecule has 1 N–H and O–H groups in total. The molecule has 2 aliphatic carbocycles. The molecule has 3 atom stereocenters. The summed E-state index contributed by atoms with van der Waals surface area (Å²) >= 11 is 0. The van der Waals surface area contributed by atoms with Crippen molar-refractivity contribution in [2.75, 3.05) is 33.2 Å². The van der Waals surface area contributed by atoms with Crippen LogP contribution in [0.5, 0.6) is 0 Å². The molecule has 1 saturated heterocycles. The van der Waals surface area contributed by atoms with Gasteiger partial charge in [-0.2, -0.15) is 0 Å². The highest BCUT2D eigenvalue weighted by atomic mass is 16.4. The van der Waals surface area contributed by atoms with Crippen LogP contribution < -0.4 is 0 Å². The number of fused-ring (bicyclic) bond motifs is 2. The largest absolute Gasteiger partial charge is 0.411 e. The van der Waals surface area contributed by atoms with Gasteiger partial charge < -0.3 is 10.1 Å². The van der Waals surface area contributed by atoms with Gasteiger partial charge in [-0.25, -0.2) is 0 Å². The van der Waals surface area contributed by atoms with Crippen molar-refractivity contribution < 1.29 is 5.21 Å². The molecule has 0 aromatic carbocycles. The Hall–Kier alpha value is -0.610. The van der Waals surface area contributed by atoms with E-state index >= 15 is 0 Å². The first-order chi connectivity index (χ1) is 7.79. The minimum atomic E-state index is 0.456. The maximum absolute atomic E-state index is 9.19. The van der Waals surface area contributed by atoms with Crippen molar-refractivity contribution >= 4 is 5.71 Å². The number of hydrogen-bond donors (Lipinski definition) is 1. The highest BCUT2D eigenvalue weighted by molar-refractivity contribution is 5.94. The monoisotopic (exact) mass is 223 g/mol. The molecule has 90 valence electrons. The molecule has 1 aliphatic heterocycles. The fourth-order valence-electron chi connectivity index (χ4n) is 3.78. The molecule has 3 rings (SSSR count). The van der Waals surface area contributed by atoms with Crippen molar-refractivity contribution in [2.24, 2.45) is 17.0 Å². The molecule has 4 nitrogen and oxygen atoms in total.